The summed E-state index contributed by atoms with van der Waals surface area (Å²) in [4.78, 5) is 12.1. The van der Waals surface area contributed by atoms with Crippen molar-refractivity contribution in [1.82, 2.24) is 24.7 Å². The van der Waals surface area contributed by atoms with E-state index in [1.165, 1.54) is 0 Å². The number of anilines is 3. The lowest BCUT2D eigenvalue weighted by molar-refractivity contribution is 0.692. The fourth-order valence-electron chi connectivity index (χ4n) is 3.14. The van der Waals surface area contributed by atoms with Crippen molar-refractivity contribution in [3.8, 4) is 0 Å². The molecule has 0 aliphatic carbocycles. The molecule has 3 aromatic heterocycles. The zero-order valence-corrected chi connectivity index (χ0v) is 14.4. The van der Waals surface area contributed by atoms with Crippen molar-refractivity contribution >= 4 is 39.3 Å². The summed E-state index contributed by atoms with van der Waals surface area (Å²) in [7, 11) is 0. The van der Waals surface area contributed by atoms with Gasteiger partial charge in [-0.15, -0.1) is 0 Å². The van der Waals surface area contributed by atoms with Gasteiger partial charge in [-0.25, -0.2) is 9.67 Å². The topological polar surface area (TPSA) is 83.5 Å². The van der Waals surface area contributed by atoms with Gasteiger partial charge in [0.2, 0.25) is 5.95 Å². The average molecular weight is 355 g/mol. The monoisotopic (exact) mass is 355 g/mol. The molecule has 0 fully saturated rings. The molecule has 132 valence electrons. The van der Waals surface area contributed by atoms with Crippen LogP contribution in [0.1, 0.15) is 0 Å². The molecule has 27 heavy (non-hydrogen) atoms. The van der Waals surface area contributed by atoms with E-state index in [9.17, 15) is 0 Å². The summed E-state index contributed by atoms with van der Waals surface area (Å²) >= 11 is 0. The Morgan fingerprint density at radius 1 is 1.00 bits per heavy atom. The molecule has 0 saturated carbocycles. The number of nitrogens with one attached hydrogen (secondary N) is 3. The standard InChI is InChI=1S/C20H17N7/c1-2-7-18-14(4-1)12-24-27(18)13-23-19-9-11-22-20(26-19)25-17-6-3-5-16-15(17)8-10-21-16/h1-12,21H,13H2,(H2,22,23,25,26). The molecule has 0 spiro atoms. The van der Waals surface area contributed by atoms with Crippen molar-refractivity contribution in [3.63, 3.8) is 0 Å². The van der Waals surface area contributed by atoms with E-state index in [1.807, 2.05) is 65.6 Å². The minimum atomic E-state index is 0.525. The van der Waals surface area contributed by atoms with Gasteiger partial charge >= 0.3 is 0 Å². The lowest BCUT2D eigenvalue weighted by Crippen LogP contribution is -2.11. The maximum Gasteiger partial charge on any atom is 0.229 e. The number of benzene rings is 2. The molecule has 0 radical (unpaired) electrons. The summed E-state index contributed by atoms with van der Waals surface area (Å²) in [6.07, 6.45) is 5.51. The Morgan fingerprint density at radius 2 is 1.96 bits per heavy atom. The zero-order valence-electron chi connectivity index (χ0n) is 14.4. The predicted molar refractivity (Wildman–Crippen MR) is 107 cm³/mol. The fraction of sp³-hybridized carbons (Fsp3) is 0.0500. The number of H-pyrrole nitrogens is 1. The van der Waals surface area contributed by atoms with E-state index in [4.69, 9.17) is 0 Å². The first kappa shape index (κ1) is 15.4. The highest BCUT2D eigenvalue weighted by molar-refractivity contribution is 5.93. The molecule has 0 atom stereocenters. The van der Waals surface area contributed by atoms with Crippen LogP contribution in [0.4, 0.5) is 17.5 Å². The normalized spacial score (nSPS) is 11.1. The third kappa shape index (κ3) is 2.95. The SMILES string of the molecule is c1ccc2c(c1)cnn2CNc1ccnc(Nc2cccc3[nH]ccc23)n1. The van der Waals surface area contributed by atoms with Crippen molar-refractivity contribution in [1.29, 1.82) is 0 Å². The van der Waals surface area contributed by atoms with E-state index >= 15 is 0 Å². The average Bonchev–Trinajstić information content (AvgIpc) is 3.34. The Bertz CT molecular complexity index is 1220. The molecule has 0 bridgehead atoms. The van der Waals surface area contributed by atoms with Crippen LogP contribution in [0.15, 0.2) is 73.2 Å². The smallest absolute Gasteiger partial charge is 0.229 e. The van der Waals surface area contributed by atoms with E-state index in [-0.39, 0.29) is 0 Å². The van der Waals surface area contributed by atoms with Gasteiger partial charge < -0.3 is 15.6 Å². The van der Waals surface area contributed by atoms with Crippen LogP contribution in [0, 0.1) is 0 Å². The first-order chi connectivity index (χ1) is 13.4. The van der Waals surface area contributed by atoms with Crippen LogP contribution in [-0.4, -0.2) is 24.7 Å². The van der Waals surface area contributed by atoms with Gasteiger partial charge in [0.25, 0.3) is 0 Å². The number of aromatic amines is 1. The van der Waals surface area contributed by atoms with Gasteiger partial charge in [0.05, 0.1) is 17.4 Å². The van der Waals surface area contributed by atoms with E-state index in [1.54, 1.807) is 6.20 Å². The summed E-state index contributed by atoms with van der Waals surface area (Å²) < 4.78 is 1.91. The Kier molecular flexibility index (Phi) is 3.68. The summed E-state index contributed by atoms with van der Waals surface area (Å²) in [5.74, 6) is 1.27. The molecule has 0 aliphatic rings. The molecule has 7 heteroatoms. The van der Waals surface area contributed by atoms with Crippen LogP contribution in [0.2, 0.25) is 0 Å². The van der Waals surface area contributed by atoms with Gasteiger partial charge in [-0.1, -0.05) is 24.3 Å². The molecule has 0 amide bonds. The number of rotatable bonds is 5. The number of fused-ring (bicyclic) bond motifs is 2. The lowest BCUT2D eigenvalue weighted by atomic mass is 10.2. The number of aromatic nitrogens is 5. The number of hydrogen-bond acceptors (Lipinski definition) is 5. The molecule has 3 heterocycles. The van der Waals surface area contributed by atoms with Crippen LogP contribution in [0.25, 0.3) is 21.8 Å². The third-order valence-electron chi connectivity index (χ3n) is 4.46. The van der Waals surface area contributed by atoms with Crippen molar-refractivity contribution in [2.24, 2.45) is 0 Å². The molecule has 5 rings (SSSR count). The summed E-state index contributed by atoms with van der Waals surface area (Å²) in [5, 5.41) is 13.2. The van der Waals surface area contributed by atoms with Gasteiger partial charge in [-0.2, -0.15) is 10.1 Å². The summed E-state index contributed by atoms with van der Waals surface area (Å²) in [6.45, 7) is 0.525. The highest BCUT2D eigenvalue weighted by atomic mass is 15.3. The lowest BCUT2D eigenvalue weighted by Gasteiger charge is -2.10. The van der Waals surface area contributed by atoms with Crippen molar-refractivity contribution in [2.45, 2.75) is 6.67 Å². The van der Waals surface area contributed by atoms with Gasteiger partial charge in [-0.05, 0) is 30.3 Å². The first-order valence-electron chi connectivity index (χ1n) is 8.67. The molecule has 0 saturated heterocycles. The summed E-state index contributed by atoms with van der Waals surface area (Å²) in [6, 6.07) is 18.0. The highest BCUT2D eigenvalue weighted by Gasteiger charge is 2.05. The predicted octanol–water partition coefficient (Wildman–Crippen LogP) is 4.12. The van der Waals surface area contributed by atoms with Gasteiger partial charge in [0.1, 0.15) is 12.5 Å². The van der Waals surface area contributed by atoms with E-state index < -0.39 is 0 Å². The number of nitrogens with zero attached hydrogens (tertiary/aromatic N) is 4. The number of hydrogen-bond donors (Lipinski definition) is 3. The molecule has 5 aromatic rings. The van der Waals surface area contributed by atoms with Crippen molar-refractivity contribution in [2.75, 3.05) is 10.6 Å². The minimum Gasteiger partial charge on any atom is -0.361 e. The third-order valence-corrected chi connectivity index (χ3v) is 4.46. The highest BCUT2D eigenvalue weighted by Crippen LogP contribution is 2.24. The van der Waals surface area contributed by atoms with E-state index in [0.717, 1.165) is 33.3 Å². The van der Waals surface area contributed by atoms with Gasteiger partial charge in [0, 0.05) is 28.7 Å². The Hall–Kier alpha value is -3.87. The minimum absolute atomic E-state index is 0.525. The first-order valence-corrected chi connectivity index (χ1v) is 8.67. The molecule has 7 nitrogen and oxygen atoms in total. The largest absolute Gasteiger partial charge is 0.361 e. The van der Waals surface area contributed by atoms with Gasteiger partial charge in [0.15, 0.2) is 0 Å². The zero-order chi connectivity index (χ0) is 18.1. The maximum atomic E-state index is 4.55. The van der Waals surface area contributed by atoms with Crippen LogP contribution in [0.3, 0.4) is 0 Å². The number of para-hydroxylation sites is 1. The Balaban J connectivity index is 1.35. The van der Waals surface area contributed by atoms with Crippen LogP contribution >= 0.6 is 0 Å². The van der Waals surface area contributed by atoms with Crippen LogP contribution in [-0.2, 0) is 6.67 Å². The molecular weight excluding hydrogens is 338 g/mol. The van der Waals surface area contributed by atoms with Crippen LogP contribution < -0.4 is 10.6 Å². The molecule has 2 aromatic carbocycles. The van der Waals surface area contributed by atoms with Crippen molar-refractivity contribution in [3.05, 3.63) is 73.2 Å². The second-order valence-corrected chi connectivity index (χ2v) is 6.17. The second kappa shape index (κ2) is 6.45. The fourth-order valence-corrected chi connectivity index (χ4v) is 3.14. The molecule has 0 unspecified atom stereocenters. The Morgan fingerprint density at radius 3 is 2.96 bits per heavy atom. The maximum absolute atomic E-state index is 4.55. The molecular formula is C20H17N7. The second-order valence-electron chi connectivity index (χ2n) is 6.17. The van der Waals surface area contributed by atoms with E-state index in [0.29, 0.717) is 12.6 Å². The molecule has 0 aliphatic heterocycles. The van der Waals surface area contributed by atoms with Gasteiger partial charge in [-0.3, -0.25) is 0 Å². The van der Waals surface area contributed by atoms with Crippen LogP contribution in [0.5, 0.6) is 0 Å². The summed E-state index contributed by atoms with van der Waals surface area (Å²) in [5.41, 5.74) is 3.11. The molecule has 3 N–H and O–H groups in total. The quantitative estimate of drug-likeness (QED) is 0.442. The van der Waals surface area contributed by atoms with Crippen molar-refractivity contribution < 1.29 is 0 Å². The Labute approximate surface area is 155 Å². The van der Waals surface area contributed by atoms with E-state index in [2.05, 4.69) is 36.8 Å².